The van der Waals surface area contributed by atoms with Crippen molar-refractivity contribution in [2.24, 2.45) is 7.05 Å². The zero-order chi connectivity index (χ0) is 14.2. The Balaban J connectivity index is 2.62. The van der Waals surface area contributed by atoms with Gasteiger partial charge in [0.15, 0.2) is 0 Å². The summed E-state index contributed by atoms with van der Waals surface area (Å²) in [5.41, 5.74) is -0.266. The normalized spacial score (nSPS) is 12.3. The minimum Gasteiger partial charge on any atom is -0.318 e. The first-order valence-electron chi connectivity index (χ1n) is 5.77. The van der Waals surface area contributed by atoms with Crippen molar-refractivity contribution >= 4 is 11.0 Å². The number of hydrogen-bond donors (Lipinski definition) is 1. The standard InChI is InChI=1S/C12H14F3N3O/c1-16-5-6-18-9-4-3-8(12(13,14)15)7-10(9)17(2)11(18)19/h3-4,7,16H,5-6H2,1-2H3. The molecule has 0 unspecified atom stereocenters. The lowest BCUT2D eigenvalue weighted by Gasteiger charge is -2.07. The van der Waals surface area contributed by atoms with Crippen LogP contribution >= 0.6 is 0 Å². The van der Waals surface area contributed by atoms with Crippen LogP contribution < -0.4 is 11.0 Å². The van der Waals surface area contributed by atoms with E-state index in [9.17, 15) is 18.0 Å². The fraction of sp³-hybridized carbons (Fsp3) is 0.417. The molecular weight excluding hydrogens is 259 g/mol. The zero-order valence-electron chi connectivity index (χ0n) is 10.6. The summed E-state index contributed by atoms with van der Waals surface area (Å²) in [5.74, 6) is 0. The van der Waals surface area contributed by atoms with Gasteiger partial charge < -0.3 is 5.32 Å². The van der Waals surface area contributed by atoms with Crippen LogP contribution in [-0.4, -0.2) is 22.7 Å². The number of halogens is 3. The molecule has 1 aromatic heterocycles. The van der Waals surface area contributed by atoms with E-state index in [2.05, 4.69) is 5.32 Å². The number of fused-ring (bicyclic) bond motifs is 1. The second kappa shape index (κ2) is 4.73. The Bertz CT molecular complexity index is 655. The highest BCUT2D eigenvalue weighted by Gasteiger charge is 2.31. The third kappa shape index (κ3) is 2.37. The SMILES string of the molecule is CNCCn1c(=O)n(C)c2cc(C(F)(F)F)ccc21. The number of nitrogens with zero attached hydrogens (tertiary/aromatic N) is 2. The second-order valence-corrected chi connectivity index (χ2v) is 4.30. The van der Waals surface area contributed by atoms with Gasteiger partial charge in [-0.25, -0.2) is 4.79 Å². The minimum atomic E-state index is -4.41. The van der Waals surface area contributed by atoms with Gasteiger partial charge in [-0.15, -0.1) is 0 Å². The predicted molar refractivity (Wildman–Crippen MR) is 66.1 cm³/mol. The molecule has 0 saturated carbocycles. The molecule has 1 N–H and O–H groups in total. The van der Waals surface area contributed by atoms with Gasteiger partial charge in [-0.3, -0.25) is 9.13 Å². The van der Waals surface area contributed by atoms with E-state index in [1.807, 2.05) is 0 Å². The van der Waals surface area contributed by atoms with Crippen LogP contribution in [0.1, 0.15) is 5.56 Å². The summed E-state index contributed by atoms with van der Waals surface area (Å²) >= 11 is 0. The van der Waals surface area contributed by atoms with Gasteiger partial charge in [0.25, 0.3) is 0 Å². The molecule has 2 rings (SSSR count). The number of aryl methyl sites for hydroxylation is 1. The third-order valence-corrected chi connectivity index (χ3v) is 3.06. The molecular formula is C12H14F3N3O. The monoisotopic (exact) mass is 273 g/mol. The van der Waals surface area contributed by atoms with Crippen LogP contribution in [0.5, 0.6) is 0 Å². The topological polar surface area (TPSA) is 39.0 Å². The number of benzene rings is 1. The molecule has 104 valence electrons. The highest BCUT2D eigenvalue weighted by atomic mass is 19.4. The largest absolute Gasteiger partial charge is 0.416 e. The molecule has 1 aromatic carbocycles. The van der Waals surface area contributed by atoms with Gasteiger partial charge in [-0.1, -0.05) is 0 Å². The Labute approximate surface area is 107 Å². The summed E-state index contributed by atoms with van der Waals surface area (Å²) in [4.78, 5) is 12.0. The molecule has 0 aliphatic carbocycles. The number of hydrogen-bond acceptors (Lipinski definition) is 2. The molecule has 0 spiro atoms. The maximum atomic E-state index is 12.7. The molecule has 0 amide bonds. The van der Waals surface area contributed by atoms with Crippen molar-refractivity contribution in [2.75, 3.05) is 13.6 Å². The van der Waals surface area contributed by atoms with Crippen molar-refractivity contribution in [1.82, 2.24) is 14.5 Å². The highest BCUT2D eigenvalue weighted by molar-refractivity contribution is 5.77. The van der Waals surface area contributed by atoms with Gasteiger partial charge in [0.1, 0.15) is 0 Å². The summed E-state index contributed by atoms with van der Waals surface area (Å²) in [7, 11) is 3.22. The van der Waals surface area contributed by atoms with Crippen LogP contribution in [0, 0.1) is 0 Å². The minimum absolute atomic E-state index is 0.288. The van der Waals surface area contributed by atoms with Crippen molar-refractivity contribution < 1.29 is 13.2 Å². The predicted octanol–water partition coefficient (Wildman–Crippen LogP) is 1.58. The lowest BCUT2D eigenvalue weighted by Crippen LogP contribution is -2.26. The van der Waals surface area contributed by atoms with Crippen LogP contribution in [0.25, 0.3) is 11.0 Å². The van der Waals surface area contributed by atoms with Crippen molar-refractivity contribution in [1.29, 1.82) is 0 Å². The number of alkyl halides is 3. The van der Waals surface area contributed by atoms with Gasteiger partial charge >= 0.3 is 11.9 Å². The van der Waals surface area contributed by atoms with Crippen LogP contribution in [0.2, 0.25) is 0 Å². The Hall–Kier alpha value is -1.76. The van der Waals surface area contributed by atoms with E-state index in [1.165, 1.54) is 22.2 Å². The van der Waals surface area contributed by atoms with Gasteiger partial charge in [0.2, 0.25) is 0 Å². The smallest absolute Gasteiger partial charge is 0.318 e. The quantitative estimate of drug-likeness (QED) is 0.922. The fourth-order valence-electron chi connectivity index (χ4n) is 2.02. The third-order valence-electron chi connectivity index (χ3n) is 3.06. The number of nitrogens with one attached hydrogen (secondary N) is 1. The molecule has 0 bridgehead atoms. The Morgan fingerprint density at radius 1 is 1.26 bits per heavy atom. The van der Waals surface area contributed by atoms with Gasteiger partial charge in [-0.2, -0.15) is 13.2 Å². The van der Waals surface area contributed by atoms with E-state index >= 15 is 0 Å². The fourth-order valence-corrected chi connectivity index (χ4v) is 2.02. The maximum absolute atomic E-state index is 12.7. The number of likely N-dealkylation sites (N-methyl/N-ethyl adjacent to an activating group) is 1. The summed E-state index contributed by atoms with van der Waals surface area (Å²) in [5, 5.41) is 2.90. The molecule has 0 aliphatic rings. The Morgan fingerprint density at radius 3 is 2.53 bits per heavy atom. The number of aromatic nitrogens is 2. The lowest BCUT2D eigenvalue weighted by molar-refractivity contribution is -0.137. The average Bonchev–Trinajstić information content (AvgIpc) is 2.59. The van der Waals surface area contributed by atoms with E-state index in [4.69, 9.17) is 0 Å². The van der Waals surface area contributed by atoms with Crippen LogP contribution in [0.15, 0.2) is 23.0 Å². The van der Waals surface area contributed by atoms with Crippen molar-refractivity contribution in [2.45, 2.75) is 12.7 Å². The maximum Gasteiger partial charge on any atom is 0.416 e. The zero-order valence-corrected chi connectivity index (χ0v) is 10.6. The van der Waals surface area contributed by atoms with Gasteiger partial charge in [0.05, 0.1) is 16.6 Å². The Kier molecular flexibility index (Phi) is 3.40. The lowest BCUT2D eigenvalue weighted by atomic mass is 10.2. The summed E-state index contributed by atoms with van der Waals surface area (Å²) < 4.78 is 40.7. The van der Waals surface area contributed by atoms with E-state index < -0.39 is 11.7 Å². The molecule has 19 heavy (non-hydrogen) atoms. The molecule has 4 nitrogen and oxygen atoms in total. The van der Waals surface area contributed by atoms with Gasteiger partial charge in [-0.05, 0) is 25.2 Å². The number of imidazole rings is 1. The summed E-state index contributed by atoms with van der Waals surface area (Å²) in [6.07, 6.45) is -4.41. The molecule has 2 aromatic rings. The van der Waals surface area contributed by atoms with Crippen molar-refractivity contribution in [3.05, 3.63) is 34.2 Å². The second-order valence-electron chi connectivity index (χ2n) is 4.30. The van der Waals surface area contributed by atoms with Crippen LogP contribution in [0.4, 0.5) is 13.2 Å². The van der Waals surface area contributed by atoms with Crippen molar-refractivity contribution in [3.63, 3.8) is 0 Å². The molecule has 0 aliphatic heterocycles. The first-order chi connectivity index (χ1) is 8.86. The highest BCUT2D eigenvalue weighted by Crippen LogP contribution is 2.31. The van der Waals surface area contributed by atoms with E-state index in [1.54, 1.807) is 7.05 Å². The molecule has 7 heteroatoms. The summed E-state index contributed by atoms with van der Waals surface area (Å²) in [6.45, 7) is 0.984. The van der Waals surface area contributed by atoms with E-state index in [0.29, 0.717) is 18.6 Å². The van der Waals surface area contributed by atoms with Gasteiger partial charge in [0, 0.05) is 20.1 Å². The molecule has 0 radical (unpaired) electrons. The van der Waals surface area contributed by atoms with E-state index in [-0.39, 0.29) is 11.2 Å². The Morgan fingerprint density at radius 2 is 1.95 bits per heavy atom. The summed E-state index contributed by atoms with van der Waals surface area (Å²) in [6, 6.07) is 3.35. The molecule has 0 fully saturated rings. The molecule has 0 saturated heterocycles. The van der Waals surface area contributed by atoms with Crippen molar-refractivity contribution in [3.8, 4) is 0 Å². The van der Waals surface area contributed by atoms with E-state index in [0.717, 1.165) is 12.1 Å². The van der Waals surface area contributed by atoms with Crippen LogP contribution in [-0.2, 0) is 19.8 Å². The molecule has 1 heterocycles. The molecule has 0 atom stereocenters. The first-order valence-corrected chi connectivity index (χ1v) is 5.77. The van der Waals surface area contributed by atoms with Crippen LogP contribution in [0.3, 0.4) is 0 Å². The average molecular weight is 273 g/mol. The number of rotatable bonds is 3. The first kappa shape index (κ1) is 13.7.